The van der Waals surface area contributed by atoms with Crippen LogP contribution in [0.3, 0.4) is 0 Å². The molecule has 0 saturated carbocycles. The molecule has 1 amide bonds. The lowest BCUT2D eigenvalue weighted by Gasteiger charge is -2.34. The molecule has 2 aromatic carbocycles. The van der Waals surface area contributed by atoms with Crippen LogP contribution in [0.5, 0.6) is 0 Å². The third-order valence-electron chi connectivity index (χ3n) is 4.96. The lowest BCUT2D eigenvalue weighted by Crippen LogP contribution is -2.49. The zero-order chi connectivity index (χ0) is 19.3. The van der Waals surface area contributed by atoms with Crippen LogP contribution in [0.15, 0.2) is 54.9 Å². The Morgan fingerprint density at radius 3 is 2.61 bits per heavy atom. The van der Waals surface area contributed by atoms with Gasteiger partial charge in [0.2, 0.25) is 0 Å². The average molecular weight is 378 g/mol. The SMILES string of the molecule is O=C(OCC(=O)N1CCN(Cc2ccccc2)CC1)c1ccc2nc[nH]c2c1. The van der Waals surface area contributed by atoms with E-state index in [1.54, 1.807) is 29.4 Å². The van der Waals surface area contributed by atoms with Crippen molar-refractivity contribution < 1.29 is 14.3 Å². The molecule has 1 aliphatic rings. The van der Waals surface area contributed by atoms with Crippen LogP contribution >= 0.6 is 0 Å². The molecule has 1 aliphatic heterocycles. The van der Waals surface area contributed by atoms with Crippen LogP contribution in [0.2, 0.25) is 0 Å². The molecule has 144 valence electrons. The van der Waals surface area contributed by atoms with Gasteiger partial charge >= 0.3 is 5.97 Å². The minimum atomic E-state index is -0.507. The monoisotopic (exact) mass is 378 g/mol. The number of hydrogen-bond acceptors (Lipinski definition) is 5. The highest BCUT2D eigenvalue weighted by Crippen LogP contribution is 2.13. The molecule has 7 nitrogen and oxygen atoms in total. The Morgan fingerprint density at radius 2 is 1.82 bits per heavy atom. The number of esters is 1. The molecule has 1 fully saturated rings. The van der Waals surface area contributed by atoms with Gasteiger partial charge in [0.15, 0.2) is 6.61 Å². The van der Waals surface area contributed by atoms with Crippen LogP contribution in [-0.2, 0) is 16.1 Å². The van der Waals surface area contributed by atoms with Gasteiger partial charge in [-0.1, -0.05) is 30.3 Å². The van der Waals surface area contributed by atoms with Gasteiger partial charge in [-0.25, -0.2) is 9.78 Å². The zero-order valence-corrected chi connectivity index (χ0v) is 15.5. The molecule has 0 unspecified atom stereocenters. The van der Waals surface area contributed by atoms with Crippen LogP contribution < -0.4 is 0 Å². The highest BCUT2D eigenvalue weighted by Gasteiger charge is 2.22. The van der Waals surface area contributed by atoms with E-state index < -0.39 is 5.97 Å². The summed E-state index contributed by atoms with van der Waals surface area (Å²) < 4.78 is 5.21. The number of benzene rings is 2. The normalized spacial score (nSPS) is 14.9. The molecule has 0 aliphatic carbocycles. The number of H-pyrrole nitrogens is 1. The first kappa shape index (κ1) is 18.2. The van der Waals surface area contributed by atoms with Gasteiger partial charge < -0.3 is 14.6 Å². The fraction of sp³-hybridized carbons (Fsp3) is 0.286. The lowest BCUT2D eigenvalue weighted by molar-refractivity contribution is -0.136. The quantitative estimate of drug-likeness (QED) is 0.688. The first-order chi connectivity index (χ1) is 13.7. The van der Waals surface area contributed by atoms with Gasteiger partial charge in [0, 0.05) is 32.7 Å². The number of amides is 1. The summed E-state index contributed by atoms with van der Waals surface area (Å²) in [6.45, 7) is 3.55. The number of imidazole rings is 1. The van der Waals surface area contributed by atoms with Crippen LogP contribution in [0.4, 0.5) is 0 Å². The predicted molar refractivity (Wildman–Crippen MR) is 105 cm³/mol. The maximum Gasteiger partial charge on any atom is 0.338 e. The van der Waals surface area contributed by atoms with Crippen molar-refractivity contribution >= 4 is 22.9 Å². The second-order valence-corrected chi connectivity index (χ2v) is 6.85. The Hall–Kier alpha value is -3.19. The number of carbonyl (C=O) groups is 2. The summed E-state index contributed by atoms with van der Waals surface area (Å²) in [7, 11) is 0. The van der Waals surface area contributed by atoms with E-state index in [1.807, 2.05) is 18.2 Å². The van der Waals surface area contributed by atoms with E-state index in [2.05, 4.69) is 27.0 Å². The zero-order valence-electron chi connectivity index (χ0n) is 15.5. The predicted octanol–water partition coefficient (Wildman–Crippen LogP) is 2.06. The van der Waals surface area contributed by atoms with E-state index >= 15 is 0 Å². The van der Waals surface area contributed by atoms with Gasteiger partial charge in [0.25, 0.3) is 5.91 Å². The van der Waals surface area contributed by atoms with Crippen molar-refractivity contribution in [3.63, 3.8) is 0 Å². The molecule has 0 atom stereocenters. The van der Waals surface area contributed by atoms with E-state index in [0.29, 0.717) is 18.7 Å². The Balaban J connectivity index is 1.24. The number of hydrogen-bond donors (Lipinski definition) is 1. The molecule has 1 N–H and O–H groups in total. The Labute approximate surface area is 162 Å². The number of aromatic amines is 1. The minimum absolute atomic E-state index is 0.157. The molecular formula is C21H22N4O3. The first-order valence-electron chi connectivity index (χ1n) is 9.33. The Morgan fingerprint density at radius 1 is 1.04 bits per heavy atom. The van der Waals surface area contributed by atoms with Crippen LogP contribution in [-0.4, -0.2) is 64.4 Å². The summed E-state index contributed by atoms with van der Waals surface area (Å²) in [6, 6.07) is 15.4. The van der Waals surface area contributed by atoms with Crippen molar-refractivity contribution in [3.8, 4) is 0 Å². The van der Waals surface area contributed by atoms with Crippen LogP contribution in [0, 0.1) is 0 Å². The molecule has 0 spiro atoms. The van der Waals surface area contributed by atoms with E-state index in [4.69, 9.17) is 4.74 Å². The van der Waals surface area contributed by atoms with Gasteiger partial charge in [-0.05, 0) is 23.8 Å². The van der Waals surface area contributed by atoms with Crippen molar-refractivity contribution in [2.24, 2.45) is 0 Å². The molecule has 28 heavy (non-hydrogen) atoms. The molecular weight excluding hydrogens is 356 g/mol. The van der Waals surface area contributed by atoms with Gasteiger partial charge in [-0.3, -0.25) is 9.69 Å². The van der Waals surface area contributed by atoms with Crippen molar-refractivity contribution in [2.45, 2.75) is 6.54 Å². The van der Waals surface area contributed by atoms with Gasteiger partial charge in [0.1, 0.15) is 0 Å². The fourth-order valence-electron chi connectivity index (χ4n) is 3.36. The summed E-state index contributed by atoms with van der Waals surface area (Å²) >= 11 is 0. The number of aromatic nitrogens is 2. The summed E-state index contributed by atoms with van der Waals surface area (Å²) in [5.74, 6) is -0.664. The van der Waals surface area contributed by atoms with E-state index in [-0.39, 0.29) is 12.5 Å². The number of nitrogens with zero attached hydrogens (tertiary/aromatic N) is 3. The fourth-order valence-corrected chi connectivity index (χ4v) is 3.36. The topological polar surface area (TPSA) is 78.5 Å². The highest BCUT2D eigenvalue weighted by molar-refractivity contribution is 5.94. The number of rotatable bonds is 5. The summed E-state index contributed by atoms with van der Waals surface area (Å²) in [5, 5.41) is 0. The van der Waals surface area contributed by atoms with Crippen LogP contribution in [0.1, 0.15) is 15.9 Å². The van der Waals surface area contributed by atoms with Crippen molar-refractivity contribution in [1.29, 1.82) is 0 Å². The number of nitrogens with one attached hydrogen (secondary N) is 1. The van der Waals surface area contributed by atoms with E-state index in [9.17, 15) is 9.59 Å². The third-order valence-corrected chi connectivity index (χ3v) is 4.96. The number of piperazine rings is 1. The summed E-state index contributed by atoms with van der Waals surface area (Å²) in [6.07, 6.45) is 1.57. The van der Waals surface area contributed by atoms with Crippen molar-refractivity contribution in [1.82, 2.24) is 19.8 Å². The number of carbonyl (C=O) groups excluding carboxylic acids is 2. The van der Waals surface area contributed by atoms with Crippen molar-refractivity contribution in [3.05, 3.63) is 66.0 Å². The third kappa shape index (κ3) is 4.20. The standard InChI is InChI=1S/C21H22N4O3/c26-20(14-28-21(27)17-6-7-18-19(12-17)23-15-22-18)25-10-8-24(9-11-25)13-16-4-2-1-3-5-16/h1-7,12,15H,8-11,13-14H2,(H,22,23). The Bertz CT molecular complexity index is 962. The molecule has 0 bridgehead atoms. The molecule has 0 radical (unpaired) electrons. The highest BCUT2D eigenvalue weighted by atomic mass is 16.5. The van der Waals surface area contributed by atoms with Crippen molar-refractivity contribution in [2.75, 3.05) is 32.8 Å². The smallest absolute Gasteiger partial charge is 0.338 e. The maximum absolute atomic E-state index is 12.4. The van der Waals surface area contributed by atoms with Gasteiger partial charge in [0.05, 0.1) is 22.9 Å². The summed E-state index contributed by atoms with van der Waals surface area (Å²) in [5.41, 5.74) is 3.21. The lowest BCUT2D eigenvalue weighted by atomic mass is 10.2. The molecule has 3 aromatic rings. The molecule has 7 heteroatoms. The van der Waals surface area contributed by atoms with E-state index in [1.165, 1.54) is 5.56 Å². The van der Waals surface area contributed by atoms with Crippen LogP contribution in [0.25, 0.3) is 11.0 Å². The maximum atomic E-state index is 12.4. The molecule has 2 heterocycles. The minimum Gasteiger partial charge on any atom is -0.452 e. The summed E-state index contributed by atoms with van der Waals surface area (Å²) in [4.78, 5) is 35.8. The number of fused-ring (bicyclic) bond motifs is 1. The van der Waals surface area contributed by atoms with E-state index in [0.717, 1.165) is 30.7 Å². The van der Waals surface area contributed by atoms with Gasteiger partial charge in [-0.15, -0.1) is 0 Å². The first-order valence-corrected chi connectivity index (χ1v) is 9.33. The number of ether oxygens (including phenoxy) is 1. The molecule has 1 saturated heterocycles. The second kappa shape index (κ2) is 8.22. The average Bonchev–Trinajstić information content (AvgIpc) is 3.21. The Kier molecular flexibility index (Phi) is 5.34. The van der Waals surface area contributed by atoms with Gasteiger partial charge in [-0.2, -0.15) is 0 Å². The molecule has 4 rings (SSSR count). The molecule has 1 aromatic heterocycles. The largest absolute Gasteiger partial charge is 0.452 e. The second-order valence-electron chi connectivity index (χ2n) is 6.85.